The van der Waals surface area contributed by atoms with E-state index in [2.05, 4.69) is 0 Å². The molecule has 0 aliphatic carbocycles. The van der Waals surface area contributed by atoms with Gasteiger partial charge in [-0.3, -0.25) is 4.79 Å². The quantitative estimate of drug-likeness (QED) is 0.383. The van der Waals surface area contributed by atoms with Crippen molar-refractivity contribution in [3.63, 3.8) is 0 Å². The molecule has 0 rings (SSSR count). The molecule has 0 aliphatic heterocycles. The zero-order chi connectivity index (χ0) is 23.7. The Hall–Kier alpha value is -2.58. The van der Waals surface area contributed by atoms with Crippen molar-refractivity contribution in [1.82, 2.24) is 0 Å². The number of carbonyl (C=O) groups is 4. The lowest BCUT2D eigenvalue weighted by atomic mass is 10.1. The lowest BCUT2D eigenvalue weighted by molar-refractivity contribution is -0.193. The summed E-state index contributed by atoms with van der Waals surface area (Å²) in [5.74, 6) is -7.47. The molecule has 0 amide bonds. The Kier molecular flexibility index (Phi) is 12.2. The molecule has 0 radical (unpaired) electrons. The maximum Gasteiger partial charge on any atom is 0.490 e. The summed E-state index contributed by atoms with van der Waals surface area (Å²) in [6, 6.07) is -0.784. The maximum absolute atomic E-state index is 11.3. The van der Waals surface area contributed by atoms with Crippen molar-refractivity contribution in [2.75, 3.05) is 0 Å². The number of hydrogen-bond donors (Lipinski definition) is 4. The predicted molar refractivity (Wildman–Crippen MR) is 78.0 cm³/mol. The van der Waals surface area contributed by atoms with Crippen LogP contribution < -0.4 is 5.73 Å². The van der Waals surface area contributed by atoms with Crippen LogP contribution in [0, 0.1) is 5.92 Å². The van der Waals surface area contributed by atoms with Crippen molar-refractivity contribution in [3.05, 3.63) is 0 Å². The molecule has 0 saturated heterocycles. The smallest absolute Gasteiger partial charge is 0.478 e. The van der Waals surface area contributed by atoms with Crippen LogP contribution >= 0.6 is 0 Å². The third-order valence-corrected chi connectivity index (χ3v) is 2.35. The highest BCUT2D eigenvalue weighted by Gasteiger charge is 2.39. The van der Waals surface area contributed by atoms with Crippen LogP contribution in [0.2, 0.25) is 0 Å². The van der Waals surface area contributed by atoms with Gasteiger partial charge in [-0.1, -0.05) is 13.8 Å². The Morgan fingerprint density at radius 2 is 1.04 bits per heavy atom. The minimum absolute atomic E-state index is 0.0768. The van der Waals surface area contributed by atoms with E-state index < -0.39 is 47.9 Å². The minimum Gasteiger partial charge on any atom is -0.478 e. The summed E-state index contributed by atoms with van der Waals surface area (Å²) in [5.41, 5.74) is 3.98. The zero-order valence-electron chi connectivity index (χ0n) is 14.9. The van der Waals surface area contributed by atoms with Gasteiger partial charge in [0.05, 0.1) is 0 Å². The number of halogens is 6. The average molecular weight is 431 g/mol. The SMILES string of the molecule is CC(C)[C@H](N)C(=O)OC(C)(C)C(=O)O.O=C(O)C(F)(F)F.O=C(O)C(F)(F)F. The predicted octanol–water partition coefficient (Wildman–Crippen LogP) is 1.64. The van der Waals surface area contributed by atoms with Crippen LogP contribution in [0.15, 0.2) is 0 Å². The van der Waals surface area contributed by atoms with E-state index in [-0.39, 0.29) is 5.92 Å². The molecular weight excluding hydrogens is 412 g/mol. The Morgan fingerprint density at radius 1 is 0.786 bits per heavy atom. The largest absolute Gasteiger partial charge is 0.490 e. The molecule has 0 saturated carbocycles. The third-order valence-electron chi connectivity index (χ3n) is 2.35. The molecule has 0 fully saturated rings. The van der Waals surface area contributed by atoms with E-state index in [4.69, 9.17) is 35.4 Å². The topological polar surface area (TPSA) is 164 Å². The minimum atomic E-state index is -5.08. The summed E-state index contributed by atoms with van der Waals surface area (Å²) in [6.07, 6.45) is -10.2. The van der Waals surface area contributed by atoms with Gasteiger partial charge in [-0.15, -0.1) is 0 Å². The Balaban J connectivity index is -0.000000375. The highest BCUT2D eigenvalue weighted by Crippen LogP contribution is 2.14. The molecule has 9 nitrogen and oxygen atoms in total. The van der Waals surface area contributed by atoms with Crippen molar-refractivity contribution >= 4 is 23.9 Å². The molecule has 166 valence electrons. The summed E-state index contributed by atoms with van der Waals surface area (Å²) in [6.45, 7) is 6.14. The molecule has 0 bridgehead atoms. The van der Waals surface area contributed by atoms with Crippen LogP contribution in [-0.4, -0.2) is 63.2 Å². The van der Waals surface area contributed by atoms with Crippen LogP contribution in [0.4, 0.5) is 26.3 Å². The summed E-state index contributed by atoms with van der Waals surface area (Å²) in [4.78, 5) is 39.7. The first-order chi connectivity index (χ1) is 12.1. The number of carboxylic acid groups (broad SMARTS) is 3. The second-order valence-electron chi connectivity index (χ2n) is 5.61. The van der Waals surface area contributed by atoms with E-state index in [1.165, 1.54) is 13.8 Å². The van der Waals surface area contributed by atoms with Gasteiger partial charge >= 0.3 is 36.2 Å². The number of hydrogen-bond acceptors (Lipinski definition) is 6. The third kappa shape index (κ3) is 14.6. The molecule has 0 heterocycles. The van der Waals surface area contributed by atoms with Gasteiger partial charge in [0.2, 0.25) is 5.60 Å². The van der Waals surface area contributed by atoms with Gasteiger partial charge in [0.25, 0.3) is 0 Å². The van der Waals surface area contributed by atoms with Gasteiger partial charge in [-0.05, 0) is 19.8 Å². The van der Waals surface area contributed by atoms with Gasteiger partial charge in [0.1, 0.15) is 6.04 Å². The van der Waals surface area contributed by atoms with Crippen molar-refractivity contribution in [2.45, 2.75) is 51.7 Å². The van der Waals surface area contributed by atoms with Crippen LogP contribution in [0.5, 0.6) is 0 Å². The highest BCUT2D eigenvalue weighted by molar-refractivity contribution is 5.83. The van der Waals surface area contributed by atoms with Crippen molar-refractivity contribution in [2.24, 2.45) is 11.7 Å². The molecule has 0 aromatic rings. The van der Waals surface area contributed by atoms with Gasteiger partial charge in [0, 0.05) is 0 Å². The summed E-state index contributed by atoms with van der Waals surface area (Å²) < 4.78 is 68.2. The number of carboxylic acids is 3. The first-order valence-electron chi connectivity index (χ1n) is 6.89. The normalized spacial score (nSPS) is 12.6. The average Bonchev–Trinajstić information content (AvgIpc) is 2.44. The van der Waals surface area contributed by atoms with Crippen LogP contribution in [-0.2, 0) is 23.9 Å². The molecular formula is C13H19F6NO8. The standard InChI is InChI=1S/C9H17NO4.2C2HF3O2/c1-5(2)6(10)7(11)14-9(3,4)8(12)13;2*3-2(4,5)1(6)7/h5-6H,10H2,1-4H3,(H,12,13);2*(H,6,7)/t6-;;/m0../s1. The number of alkyl halides is 6. The van der Waals surface area contributed by atoms with E-state index in [1.807, 2.05) is 0 Å². The number of rotatable bonds is 4. The van der Waals surface area contributed by atoms with E-state index in [0.717, 1.165) is 0 Å². The van der Waals surface area contributed by atoms with Crippen molar-refractivity contribution in [3.8, 4) is 0 Å². The second-order valence-corrected chi connectivity index (χ2v) is 5.61. The fourth-order valence-electron chi connectivity index (χ4n) is 0.635. The van der Waals surface area contributed by atoms with Gasteiger partial charge in [0.15, 0.2) is 0 Å². The number of aliphatic carboxylic acids is 3. The van der Waals surface area contributed by atoms with E-state index in [0.29, 0.717) is 0 Å². The molecule has 28 heavy (non-hydrogen) atoms. The van der Waals surface area contributed by atoms with Crippen molar-refractivity contribution in [1.29, 1.82) is 0 Å². The lowest BCUT2D eigenvalue weighted by Crippen LogP contribution is -2.45. The Morgan fingerprint density at radius 3 is 1.18 bits per heavy atom. The van der Waals surface area contributed by atoms with E-state index in [9.17, 15) is 35.9 Å². The zero-order valence-corrected chi connectivity index (χ0v) is 14.9. The van der Waals surface area contributed by atoms with Crippen LogP contribution in [0.3, 0.4) is 0 Å². The molecule has 0 unspecified atom stereocenters. The first-order valence-corrected chi connectivity index (χ1v) is 6.89. The fraction of sp³-hybridized carbons (Fsp3) is 0.692. The van der Waals surface area contributed by atoms with E-state index >= 15 is 0 Å². The number of ether oxygens (including phenoxy) is 1. The van der Waals surface area contributed by atoms with Crippen molar-refractivity contribution < 1.29 is 65.6 Å². The molecule has 5 N–H and O–H groups in total. The molecule has 1 atom stereocenters. The summed E-state index contributed by atoms with van der Waals surface area (Å²) in [5, 5.41) is 22.9. The van der Waals surface area contributed by atoms with Crippen LogP contribution in [0.1, 0.15) is 27.7 Å². The number of esters is 1. The molecule has 0 spiro atoms. The Labute approximate surface area is 154 Å². The summed E-state index contributed by atoms with van der Waals surface area (Å²) in [7, 11) is 0. The molecule has 0 aliphatic rings. The van der Waals surface area contributed by atoms with Gasteiger partial charge in [-0.25, -0.2) is 14.4 Å². The number of carbonyl (C=O) groups excluding carboxylic acids is 1. The summed E-state index contributed by atoms with van der Waals surface area (Å²) >= 11 is 0. The highest BCUT2D eigenvalue weighted by atomic mass is 19.4. The molecule has 0 aromatic carbocycles. The van der Waals surface area contributed by atoms with E-state index in [1.54, 1.807) is 13.8 Å². The Bertz CT molecular complexity index is 532. The first kappa shape index (κ1) is 30.2. The second kappa shape index (κ2) is 11.3. The fourth-order valence-corrected chi connectivity index (χ4v) is 0.635. The lowest BCUT2D eigenvalue weighted by Gasteiger charge is -2.23. The molecule has 0 aromatic heterocycles. The molecule has 15 heteroatoms. The van der Waals surface area contributed by atoms with Gasteiger partial charge < -0.3 is 25.8 Å². The number of nitrogens with two attached hydrogens (primary N) is 1. The maximum atomic E-state index is 11.3. The van der Waals surface area contributed by atoms with Crippen LogP contribution in [0.25, 0.3) is 0 Å². The van der Waals surface area contributed by atoms with Gasteiger partial charge in [-0.2, -0.15) is 26.3 Å². The monoisotopic (exact) mass is 431 g/mol.